The van der Waals surface area contributed by atoms with E-state index in [4.69, 9.17) is 16.3 Å². The summed E-state index contributed by atoms with van der Waals surface area (Å²) in [6.07, 6.45) is -0.358. The molecule has 3 aromatic rings. The number of hydrogen-bond acceptors (Lipinski definition) is 7. The van der Waals surface area contributed by atoms with Crippen molar-refractivity contribution in [2.24, 2.45) is 0 Å². The van der Waals surface area contributed by atoms with Gasteiger partial charge in [-0.15, -0.1) is 0 Å². The predicted molar refractivity (Wildman–Crippen MR) is 116 cm³/mol. The van der Waals surface area contributed by atoms with Crippen molar-refractivity contribution in [2.45, 2.75) is 19.0 Å². The number of halogens is 4. The average molecular weight is 480 g/mol. The van der Waals surface area contributed by atoms with E-state index in [1.54, 1.807) is 6.20 Å². The van der Waals surface area contributed by atoms with Gasteiger partial charge in [0.1, 0.15) is 5.82 Å². The fourth-order valence-corrected chi connectivity index (χ4v) is 3.66. The molecule has 33 heavy (non-hydrogen) atoms. The van der Waals surface area contributed by atoms with Crippen LogP contribution in [0.25, 0.3) is 16.5 Å². The number of nitrogens with one attached hydrogen (secondary N) is 1. The number of alkyl halides is 3. The Morgan fingerprint density at radius 2 is 2.03 bits per heavy atom. The molecule has 0 saturated heterocycles. The van der Waals surface area contributed by atoms with Crippen LogP contribution in [0.4, 0.5) is 24.7 Å². The highest BCUT2D eigenvalue weighted by atomic mass is 35.5. The van der Waals surface area contributed by atoms with E-state index in [-0.39, 0.29) is 23.8 Å². The molecule has 0 bridgehead atoms. The quantitative estimate of drug-likeness (QED) is 0.299. The summed E-state index contributed by atoms with van der Waals surface area (Å²) < 4.78 is 44.7. The zero-order valence-corrected chi connectivity index (χ0v) is 17.8. The highest BCUT2D eigenvalue weighted by Crippen LogP contribution is 2.33. The van der Waals surface area contributed by atoms with E-state index in [9.17, 15) is 23.3 Å². The molecule has 1 aliphatic rings. The molecule has 0 radical (unpaired) electrons. The molecule has 1 aromatic carbocycles. The maximum atomic E-state index is 13.1. The predicted octanol–water partition coefficient (Wildman–Crippen LogP) is 5.06. The van der Waals surface area contributed by atoms with Crippen LogP contribution < -0.4 is 5.32 Å². The van der Waals surface area contributed by atoms with Gasteiger partial charge in [-0.3, -0.25) is 15.1 Å². The molecular weight excluding hydrogens is 463 g/mol. The lowest BCUT2D eigenvalue weighted by molar-refractivity contribution is -0.385. The van der Waals surface area contributed by atoms with Gasteiger partial charge < -0.3 is 10.1 Å². The molecule has 2 aromatic heterocycles. The smallest absolute Gasteiger partial charge is 0.377 e. The molecule has 0 spiro atoms. The third kappa shape index (κ3) is 5.37. The van der Waals surface area contributed by atoms with Crippen LogP contribution in [-0.2, 0) is 17.3 Å². The van der Waals surface area contributed by atoms with Crippen LogP contribution in [-0.4, -0.2) is 39.6 Å². The van der Waals surface area contributed by atoms with Gasteiger partial charge >= 0.3 is 6.18 Å². The standard InChI is InChI=1S/C21H17ClF3N5O3/c22-20-28-18-11-27-17(13-2-5-33-6-3-13)10-16(18)19(29-20)26-4-1-12-7-14(21(23,24)25)9-15(8-12)30(31)32/h2,7-11H,1,3-6H2,(H,26,28,29). The van der Waals surface area contributed by atoms with E-state index in [2.05, 4.69) is 20.3 Å². The van der Waals surface area contributed by atoms with Gasteiger partial charge in [0.15, 0.2) is 0 Å². The molecule has 0 saturated carbocycles. The summed E-state index contributed by atoms with van der Waals surface area (Å²) in [6.45, 7) is 1.26. The fourth-order valence-electron chi connectivity index (χ4n) is 3.49. The normalized spacial score (nSPS) is 14.2. The van der Waals surface area contributed by atoms with Gasteiger partial charge in [0.05, 0.1) is 41.1 Å². The molecule has 0 amide bonds. The van der Waals surface area contributed by atoms with Gasteiger partial charge in [-0.05, 0) is 47.7 Å². The Balaban J connectivity index is 1.59. The zero-order chi connectivity index (χ0) is 23.6. The number of nitro benzene ring substituents is 1. The second-order valence-corrected chi connectivity index (χ2v) is 7.64. The second-order valence-electron chi connectivity index (χ2n) is 7.30. The lowest BCUT2D eigenvalue weighted by Crippen LogP contribution is -2.11. The van der Waals surface area contributed by atoms with Crippen molar-refractivity contribution in [3.63, 3.8) is 0 Å². The number of anilines is 1. The molecule has 12 heteroatoms. The summed E-state index contributed by atoms with van der Waals surface area (Å²) in [4.78, 5) is 23.0. The second kappa shape index (κ2) is 9.28. The van der Waals surface area contributed by atoms with Gasteiger partial charge in [0, 0.05) is 24.1 Å². The van der Waals surface area contributed by atoms with E-state index in [1.165, 1.54) is 0 Å². The van der Waals surface area contributed by atoms with E-state index in [1.807, 2.05) is 12.1 Å². The first-order valence-electron chi connectivity index (χ1n) is 9.90. The van der Waals surface area contributed by atoms with E-state index in [0.717, 1.165) is 23.4 Å². The number of non-ortho nitro benzene ring substituents is 1. The van der Waals surface area contributed by atoms with Crippen molar-refractivity contribution in [3.05, 3.63) is 68.8 Å². The summed E-state index contributed by atoms with van der Waals surface area (Å²) in [5.74, 6) is 0.391. The summed E-state index contributed by atoms with van der Waals surface area (Å²) in [6, 6.07) is 4.37. The maximum absolute atomic E-state index is 13.1. The molecule has 1 aliphatic heterocycles. The van der Waals surface area contributed by atoms with Crippen molar-refractivity contribution in [1.82, 2.24) is 15.0 Å². The van der Waals surface area contributed by atoms with E-state index >= 15 is 0 Å². The average Bonchev–Trinajstić information content (AvgIpc) is 2.78. The minimum Gasteiger partial charge on any atom is -0.377 e. The number of nitro groups is 1. The molecular formula is C21H17ClF3N5O3. The topological polar surface area (TPSA) is 103 Å². The number of hydrogen-bond donors (Lipinski definition) is 1. The Morgan fingerprint density at radius 3 is 2.73 bits per heavy atom. The lowest BCUT2D eigenvalue weighted by Gasteiger charge is -2.14. The van der Waals surface area contributed by atoms with Gasteiger partial charge in [-0.2, -0.15) is 13.2 Å². The summed E-state index contributed by atoms with van der Waals surface area (Å²) in [5.41, 5.74) is 0.763. The van der Waals surface area contributed by atoms with Crippen LogP contribution in [0.15, 0.2) is 36.5 Å². The lowest BCUT2D eigenvalue weighted by atomic mass is 10.1. The monoisotopic (exact) mass is 479 g/mol. The molecule has 3 heterocycles. The number of ether oxygens (including phenoxy) is 1. The number of fused-ring (bicyclic) bond motifs is 1. The van der Waals surface area contributed by atoms with Crippen molar-refractivity contribution in [2.75, 3.05) is 25.1 Å². The summed E-state index contributed by atoms with van der Waals surface area (Å²) >= 11 is 6.02. The molecule has 172 valence electrons. The van der Waals surface area contributed by atoms with E-state index in [0.29, 0.717) is 42.4 Å². The summed E-state index contributed by atoms with van der Waals surface area (Å²) in [7, 11) is 0. The summed E-state index contributed by atoms with van der Waals surface area (Å²) in [5, 5.41) is 14.7. The minimum atomic E-state index is -4.69. The van der Waals surface area contributed by atoms with Crippen molar-refractivity contribution >= 4 is 39.6 Å². The van der Waals surface area contributed by atoms with Crippen LogP contribution in [0.1, 0.15) is 23.2 Å². The Labute approximate surface area is 190 Å². The zero-order valence-electron chi connectivity index (χ0n) is 17.0. The third-order valence-corrected chi connectivity index (χ3v) is 5.24. The number of benzene rings is 1. The van der Waals surface area contributed by atoms with Crippen molar-refractivity contribution < 1.29 is 22.8 Å². The third-order valence-electron chi connectivity index (χ3n) is 5.07. The molecule has 1 N–H and O–H groups in total. The van der Waals surface area contributed by atoms with Crippen LogP contribution in [0.2, 0.25) is 5.28 Å². The molecule has 0 atom stereocenters. The van der Waals surface area contributed by atoms with Crippen LogP contribution >= 0.6 is 11.6 Å². The first kappa shape index (κ1) is 22.9. The van der Waals surface area contributed by atoms with Gasteiger partial charge in [0.2, 0.25) is 5.28 Å². The molecule has 4 rings (SSSR count). The highest BCUT2D eigenvalue weighted by Gasteiger charge is 2.32. The van der Waals surface area contributed by atoms with Crippen LogP contribution in [0.5, 0.6) is 0 Å². The van der Waals surface area contributed by atoms with Crippen molar-refractivity contribution in [3.8, 4) is 0 Å². The number of aromatic nitrogens is 3. The van der Waals surface area contributed by atoms with Crippen molar-refractivity contribution in [1.29, 1.82) is 0 Å². The molecule has 0 aliphatic carbocycles. The number of nitrogens with zero attached hydrogens (tertiary/aromatic N) is 4. The highest BCUT2D eigenvalue weighted by molar-refractivity contribution is 6.28. The Hall–Kier alpha value is -3.31. The Kier molecular flexibility index (Phi) is 6.43. The van der Waals surface area contributed by atoms with E-state index < -0.39 is 22.4 Å². The van der Waals surface area contributed by atoms with Crippen LogP contribution in [0.3, 0.4) is 0 Å². The minimum absolute atomic E-state index is 0.0143. The van der Waals surface area contributed by atoms with Crippen LogP contribution in [0, 0.1) is 10.1 Å². The first-order chi connectivity index (χ1) is 15.7. The van der Waals surface area contributed by atoms with Gasteiger partial charge in [-0.1, -0.05) is 6.08 Å². The fraction of sp³-hybridized carbons (Fsp3) is 0.286. The largest absolute Gasteiger partial charge is 0.416 e. The van der Waals surface area contributed by atoms with Gasteiger partial charge in [0.25, 0.3) is 5.69 Å². The molecule has 0 fully saturated rings. The number of pyridine rings is 1. The SMILES string of the molecule is O=[N+]([O-])c1cc(CCNc2nc(Cl)nc3cnc(C4=CCOCC4)cc23)cc(C(F)(F)F)c1. The molecule has 8 nitrogen and oxygen atoms in total. The maximum Gasteiger partial charge on any atom is 0.416 e. The number of rotatable bonds is 6. The molecule has 0 unspecified atom stereocenters. The Morgan fingerprint density at radius 1 is 1.21 bits per heavy atom. The first-order valence-corrected chi connectivity index (χ1v) is 10.3. The Bertz CT molecular complexity index is 1250. The van der Waals surface area contributed by atoms with Gasteiger partial charge in [-0.25, -0.2) is 9.97 Å².